The van der Waals surface area contributed by atoms with Crippen molar-refractivity contribution < 1.29 is 8.78 Å². The van der Waals surface area contributed by atoms with Crippen LogP contribution in [0, 0.1) is 3.70 Å². The lowest BCUT2D eigenvalue weighted by molar-refractivity contribution is 0.150. The molecular weight excluding hydrogens is 291 g/mol. The fourth-order valence-electron chi connectivity index (χ4n) is 0.916. The normalized spacial score (nSPS) is 10.8. The van der Waals surface area contributed by atoms with Crippen LogP contribution in [0.1, 0.15) is 17.7 Å². The second kappa shape index (κ2) is 4.14. The first-order valence-corrected chi connectivity index (χ1v) is 4.57. The van der Waals surface area contributed by atoms with Gasteiger partial charge in [0.1, 0.15) is 3.70 Å². The van der Waals surface area contributed by atoms with Crippen molar-refractivity contribution in [2.45, 2.75) is 13.0 Å². The molecule has 0 aliphatic rings. The van der Waals surface area contributed by atoms with E-state index in [1.54, 1.807) is 22.6 Å². The summed E-state index contributed by atoms with van der Waals surface area (Å²) in [5.74, 6) is 0. The van der Waals surface area contributed by atoms with Gasteiger partial charge in [0.25, 0.3) is 6.43 Å². The first-order chi connectivity index (χ1) is 6.06. The zero-order valence-corrected chi connectivity index (χ0v) is 8.76. The predicted molar refractivity (Wildman–Crippen MR) is 54.2 cm³/mol. The van der Waals surface area contributed by atoms with E-state index in [0.717, 1.165) is 0 Å². The topological polar surface area (TPSA) is 64.9 Å². The summed E-state index contributed by atoms with van der Waals surface area (Å²) in [5.41, 5.74) is 11.1. The number of nitrogen functional groups attached to an aromatic ring is 1. The number of nitrogens with two attached hydrogens (primary N) is 2. The number of hydrogen-bond donors (Lipinski definition) is 2. The quantitative estimate of drug-likeness (QED) is 0.645. The Morgan fingerprint density at radius 1 is 1.54 bits per heavy atom. The Morgan fingerprint density at radius 3 is 2.54 bits per heavy atom. The van der Waals surface area contributed by atoms with Crippen molar-refractivity contribution in [3.63, 3.8) is 0 Å². The van der Waals surface area contributed by atoms with Crippen LogP contribution in [-0.4, -0.2) is 4.98 Å². The van der Waals surface area contributed by atoms with Gasteiger partial charge in [0, 0.05) is 12.2 Å². The number of anilines is 1. The predicted octanol–water partition coefficient (Wildman–Crippen LogP) is 1.66. The molecule has 72 valence electrons. The average Bonchev–Trinajstić information content (AvgIpc) is 2.02. The van der Waals surface area contributed by atoms with Crippen LogP contribution in [0.4, 0.5) is 14.5 Å². The molecule has 0 radical (unpaired) electrons. The summed E-state index contributed by atoms with van der Waals surface area (Å²) in [4.78, 5) is 3.88. The minimum Gasteiger partial charge on any atom is -0.398 e. The number of nitrogens with zero attached hydrogens (tertiary/aromatic N) is 1. The van der Waals surface area contributed by atoms with Crippen molar-refractivity contribution in [3.05, 3.63) is 21.0 Å². The number of aromatic nitrogens is 1. The molecule has 1 aromatic rings. The van der Waals surface area contributed by atoms with E-state index in [1.165, 1.54) is 6.07 Å². The van der Waals surface area contributed by atoms with E-state index in [4.69, 9.17) is 11.5 Å². The van der Waals surface area contributed by atoms with Gasteiger partial charge in [-0.05, 0) is 28.7 Å². The molecule has 6 heteroatoms. The van der Waals surface area contributed by atoms with Crippen LogP contribution >= 0.6 is 22.6 Å². The van der Waals surface area contributed by atoms with E-state index in [0.29, 0.717) is 5.69 Å². The number of alkyl halides is 2. The van der Waals surface area contributed by atoms with Crippen molar-refractivity contribution in [2.24, 2.45) is 5.73 Å². The van der Waals surface area contributed by atoms with E-state index in [1.807, 2.05) is 0 Å². The third kappa shape index (κ3) is 2.25. The van der Waals surface area contributed by atoms with Crippen LogP contribution in [0.5, 0.6) is 0 Å². The second-order valence-corrected chi connectivity index (χ2v) is 3.43. The maximum atomic E-state index is 12.4. The van der Waals surface area contributed by atoms with Gasteiger partial charge < -0.3 is 11.5 Å². The third-order valence-corrected chi connectivity index (χ3v) is 2.35. The van der Waals surface area contributed by atoms with Crippen LogP contribution in [-0.2, 0) is 6.54 Å². The monoisotopic (exact) mass is 299 g/mol. The van der Waals surface area contributed by atoms with Gasteiger partial charge in [-0.1, -0.05) is 0 Å². The number of hydrogen-bond acceptors (Lipinski definition) is 3. The molecule has 0 unspecified atom stereocenters. The van der Waals surface area contributed by atoms with Crippen LogP contribution in [0.2, 0.25) is 0 Å². The third-order valence-electron chi connectivity index (χ3n) is 1.52. The minimum absolute atomic E-state index is 0.0508. The Bertz CT molecular complexity index is 294. The molecule has 0 amide bonds. The van der Waals surface area contributed by atoms with Crippen molar-refractivity contribution in [2.75, 3.05) is 5.73 Å². The second-order valence-electron chi connectivity index (χ2n) is 2.41. The van der Waals surface area contributed by atoms with Gasteiger partial charge in [-0.2, -0.15) is 0 Å². The number of pyridine rings is 1. The van der Waals surface area contributed by atoms with Gasteiger partial charge in [-0.15, -0.1) is 0 Å². The van der Waals surface area contributed by atoms with E-state index in [-0.39, 0.29) is 21.5 Å². The van der Waals surface area contributed by atoms with E-state index < -0.39 is 6.43 Å². The van der Waals surface area contributed by atoms with Crippen molar-refractivity contribution in [3.8, 4) is 0 Å². The Balaban J connectivity index is 3.23. The molecule has 0 saturated carbocycles. The molecule has 1 rings (SSSR count). The van der Waals surface area contributed by atoms with Gasteiger partial charge in [0.15, 0.2) is 0 Å². The highest BCUT2D eigenvalue weighted by atomic mass is 127. The van der Waals surface area contributed by atoms with E-state index in [9.17, 15) is 8.78 Å². The Hall–Kier alpha value is -0.500. The largest absolute Gasteiger partial charge is 0.398 e. The molecule has 3 nitrogen and oxygen atoms in total. The zero-order chi connectivity index (χ0) is 10.0. The van der Waals surface area contributed by atoms with Gasteiger partial charge in [-0.3, -0.25) is 0 Å². The first-order valence-electron chi connectivity index (χ1n) is 3.49. The van der Waals surface area contributed by atoms with Gasteiger partial charge >= 0.3 is 0 Å². The molecule has 0 atom stereocenters. The molecule has 1 aromatic heterocycles. The smallest absolute Gasteiger partial charge is 0.268 e. The Labute approximate surface area is 87.7 Å². The molecule has 4 N–H and O–H groups in total. The molecule has 0 aliphatic carbocycles. The van der Waals surface area contributed by atoms with Gasteiger partial charge in [0.05, 0.1) is 11.3 Å². The fourth-order valence-corrected chi connectivity index (χ4v) is 1.77. The molecular formula is C7H8F2IN3. The molecule has 0 saturated heterocycles. The summed E-state index contributed by atoms with van der Waals surface area (Å²) in [7, 11) is 0. The summed E-state index contributed by atoms with van der Waals surface area (Å²) in [6.07, 6.45) is -2.59. The molecule has 0 bridgehead atoms. The lowest BCUT2D eigenvalue weighted by atomic mass is 10.2. The van der Waals surface area contributed by atoms with E-state index in [2.05, 4.69) is 4.98 Å². The van der Waals surface area contributed by atoms with Crippen molar-refractivity contribution in [1.29, 1.82) is 0 Å². The summed E-state index contributed by atoms with van der Waals surface area (Å²) < 4.78 is 25.0. The molecule has 0 spiro atoms. The number of rotatable bonds is 2. The standard InChI is InChI=1S/C7H8F2IN3/c8-6(9)5-4(12)1-3(2-11)13-7(5)10/h1,6H,2,11H2,(H2,12,13). The van der Waals surface area contributed by atoms with Crippen LogP contribution in [0.25, 0.3) is 0 Å². The van der Waals surface area contributed by atoms with Crippen LogP contribution in [0.3, 0.4) is 0 Å². The van der Waals surface area contributed by atoms with Gasteiger partial charge in [0.2, 0.25) is 0 Å². The summed E-state index contributed by atoms with van der Waals surface area (Å²) in [6.45, 7) is 0.198. The fraction of sp³-hybridized carbons (Fsp3) is 0.286. The highest BCUT2D eigenvalue weighted by Gasteiger charge is 2.17. The Kier molecular flexibility index (Phi) is 3.37. The highest BCUT2D eigenvalue weighted by Crippen LogP contribution is 2.28. The highest BCUT2D eigenvalue weighted by molar-refractivity contribution is 14.1. The zero-order valence-electron chi connectivity index (χ0n) is 6.60. The number of halogens is 3. The maximum absolute atomic E-state index is 12.4. The van der Waals surface area contributed by atoms with Crippen molar-refractivity contribution in [1.82, 2.24) is 4.98 Å². The lowest BCUT2D eigenvalue weighted by Gasteiger charge is -2.08. The summed E-state index contributed by atoms with van der Waals surface area (Å²) >= 11 is 1.72. The summed E-state index contributed by atoms with van der Waals surface area (Å²) in [5, 5.41) is 0. The van der Waals surface area contributed by atoms with Gasteiger partial charge in [-0.25, -0.2) is 13.8 Å². The SMILES string of the molecule is NCc1cc(N)c(C(F)F)c(I)n1. The van der Waals surface area contributed by atoms with Crippen molar-refractivity contribution >= 4 is 28.3 Å². The van der Waals surface area contributed by atoms with E-state index >= 15 is 0 Å². The Morgan fingerprint density at radius 2 is 2.15 bits per heavy atom. The minimum atomic E-state index is -2.59. The van der Waals surface area contributed by atoms with Crippen LogP contribution < -0.4 is 11.5 Å². The first kappa shape index (κ1) is 10.6. The molecule has 0 aromatic carbocycles. The molecule has 0 fully saturated rings. The molecule has 13 heavy (non-hydrogen) atoms. The summed E-state index contributed by atoms with van der Waals surface area (Å²) in [6, 6.07) is 1.38. The molecule has 1 heterocycles. The van der Waals surface area contributed by atoms with Crippen LogP contribution in [0.15, 0.2) is 6.07 Å². The molecule has 0 aliphatic heterocycles. The maximum Gasteiger partial charge on any atom is 0.268 e. The average molecular weight is 299 g/mol. The lowest BCUT2D eigenvalue weighted by Crippen LogP contribution is -2.07.